The maximum atomic E-state index is 9.25. The molecule has 0 atom stereocenters. The zero-order valence-corrected chi connectivity index (χ0v) is 14.3. The SMILES string of the molecule is O=C([O-])CI.O=C([O-])CI.[Ba+2]. The molecule has 0 rings (SSSR count). The Bertz CT molecular complexity index is 105. The van der Waals surface area contributed by atoms with Crippen LogP contribution in [0, 0.1) is 0 Å². The smallest absolute Gasteiger partial charge is 0.549 e. The maximum absolute atomic E-state index is 9.25. The first-order valence-corrected chi connectivity index (χ1v) is 5.11. The minimum absolute atomic E-state index is 0. The predicted octanol–water partition coefficient (Wildman–Crippen LogP) is -2.04. The molecule has 0 aliphatic carbocycles. The Morgan fingerprint density at radius 2 is 1.09 bits per heavy atom. The van der Waals surface area contributed by atoms with Crippen molar-refractivity contribution in [3.8, 4) is 0 Å². The number of carboxylic acid groups (broad SMARTS) is 2. The fraction of sp³-hybridized carbons (Fsp3) is 0.500. The number of halogens is 2. The van der Waals surface area contributed by atoms with E-state index in [1.54, 1.807) is 45.2 Å². The van der Waals surface area contributed by atoms with E-state index in [2.05, 4.69) is 0 Å². The van der Waals surface area contributed by atoms with Gasteiger partial charge >= 0.3 is 48.9 Å². The molecule has 0 aromatic rings. The van der Waals surface area contributed by atoms with Crippen molar-refractivity contribution in [3.63, 3.8) is 0 Å². The van der Waals surface area contributed by atoms with Gasteiger partial charge in [0.2, 0.25) is 0 Å². The first kappa shape index (κ1) is 18.7. The predicted molar refractivity (Wildman–Crippen MR) is 53.5 cm³/mol. The first-order valence-electron chi connectivity index (χ1n) is 2.06. The van der Waals surface area contributed by atoms with Crippen molar-refractivity contribution in [1.29, 1.82) is 0 Å². The minimum Gasteiger partial charge on any atom is -0.549 e. The second-order valence-corrected chi connectivity index (χ2v) is 2.54. The Kier molecular flexibility index (Phi) is 24.6. The van der Waals surface area contributed by atoms with E-state index in [-0.39, 0.29) is 57.7 Å². The van der Waals surface area contributed by atoms with Crippen LogP contribution in [0.3, 0.4) is 0 Å². The fourth-order valence-corrected chi connectivity index (χ4v) is 0. The molecule has 0 heterocycles. The van der Waals surface area contributed by atoms with Crippen molar-refractivity contribution in [2.24, 2.45) is 0 Å². The molecule has 7 heteroatoms. The third-order valence-corrected chi connectivity index (χ3v) is 1.46. The van der Waals surface area contributed by atoms with Crippen molar-refractivity contribution in [2.75, 3.05) is 8.86 Å². The molecule has 4 nitrogen and oxygen atoms in total. The average molecular weight is 507 g/mol. The number of alkyl halides is 2. The molecule has 0 unspecified atom stereocenters. The van der Waals surface area contributed by atoms with Gasteiger partial charge in [0, 0.05) is 8.86 Å². The van der Waals surface area contributed by atoms with Crippen LogP contribution in [0.1, 0.15) is 0 Å². The van der Waals surface area contributed by atoms with Crippen LogP contribution in [0.4, 0.5) is 0 Å². The second kappa shape index (κ2) is 14.5. The Balaban J connectivity index is -0.000000107. The summed E-state index contributed by atoms with van der Waals surface area (Å²) in [6, 6.07) is 0. The molecule has 0 amide bonds. The largest absolute Gasteiger partial charge is 2.00 e. The van der Waals surface area contributed by atoms with E-state index in [1.165, 1.54) is 0 Å². The number of aliphatic carboxylic acids is 2. The van der Waals surface area contributed by atoms with Crippen LogP contribution in [0.2, 0.25) is 0 Å². The van der Waals surface area contributed by atoms with Crippen molar-refractivity contribution < 1.29 is 19.8 Å². The molecule has 0 radical (unpaired) electrons. The fourth-order valence-electron chi connectivity index (χ4n) is 0. The van der Waals surface area contributed by atoms with E-state index in [9.17, 15) is 19.8 Å². The van der Waals surface area contributed by atoms with Gasteiger partial charge in [0.25, 0.3) is 0 Å². The molecular weight excluding hydrogens is 503 g/mol. The standard InChI is InChI=1S/2C2H3IO2.Ba/c2*3-1-2(4)5;/h2*1H2,(H,4,5);/q;;+2/p-2. The summed E-state index contributed by atoms with van der Waals surface area (Å²) in [7, 11) is 0. The number of carbonyl (C=O) groups excluding carboxylic acids is 2. The van der Waals surface area contributed by atoms with Crippen molar-refractivity contribution in [2.45, 2.75) is 0 Å². The summed E-state index contributed by atoms with van der Waals surface area (Å²) in [6.07, 6.45) is 0. The Hall–Kier alpha value is 1.97. The number of hydrogen-bond acceptors (Lipinski definition) is 4. The number of rotatable bonds is 2. The summed E-state index contributed by atoms with van der Waals surface area (Å²) in [5, 5.41) is 18.5. The molecule has 0 aliphatic heterocycles. The summed E-state index contributed by atoms with van der Waals surface area (Å²) in [6.45, 7) is 0. The molecule has 0 spiro atoms. The van der Waals surface area contributed by atoms with Gasteiger partial charge in [-0.1, -0.05) is 45.2 Å². The number of hydrogen-bond donors (Lipinski definition) is 0. The minimum atomic E-state index is -1.01. The molecule has 0 aliphatic rings. The van der Waals surface area contributed by atoms with E-state index in [1.807, 2.05) is 0 Å². The summed E-state index contributed by atoms with van der Waals surface area (Å²) in [5.74, 6) is -2.02. The second-order valence-electron chi connectivity index (χ2n) is 1.01. The number of carboxylic acids is 2. The van der Waals surface area contributed by atoms with Gasteiger partial charge in [-0.15, -0.1) is 0 Å². The quantitative estimate of drug-likeness (QED) is 0.245. The van der Waals surface area contributed by atoms with Gasteiger partial charge < -0.3 is 19.8 Å². The van der Waals surface area contributed by atoms with Crippen molar-refractivity contribution in [1.82, 2.24) is 0 Å². The van der Waals surface area contributed by atoms with E-state index in [0.29, 0.717) is 0 Å². The van der Waals surface area contributed by atoms with Crippen molar-refractivity contribution >= 4 is 106 Å². The molecule has 0 saturated carbocycles. The Labute approximate surface area is 132 Å². The molecule has 60 valence electrons. The summed E-state index contributed by atoms with van der Waals surface area (Å²) < 4.78 is 0.162. The van der Waals surface area contributed by atoms with Gasteiger partial charge in [-0.3, -0.25) is 0 Å². The first-order chi connectivity index (χ1) is 4.54. The zero-order chi connectivity index (χ0) is 8.57. The normalized spacial score (nSPS) is 6.73. The summed E-state index contributed by atoms with van der Waals surface area (Å²) >= 11 is 3.43. The van der Waals surface area contributed by atoms with Crippen LogP contribution in [0.15, 0.2) is 0 Å². The molecule has 11 heavy (non-hydrogen) atoms. The zero-order valence-electron chi connectivity index (χ0n) is 5.51. The van der Waals surface area contributed by atoms with E-state index >= 15 is 0 Å². The Morgan fingerprint density at radius 3 is 1.09 bits per heavy atom. The van der Waals surface area contributed by atoms with Gasteiger partial charge in [0.05, 0.1) is 11.9 Å². The molecule has 0 bridgehead atoms. The van der Waals surface area contributed by atoms with Gasteiger partial charge in [-0.25, -0.2) is 0 Å². The van der Waals surface area contributed by atoms with E-state index in [4.69, 9.17) is 0 Å². The topological polar surface area (TPSA) is 80.3 Å². The van der Waals surface area contributed by atoms with Gasteiger partial charge in [0.1, 0.15) is 0 Å². The number of carbonyl (C=O) groups is 2. The van der Waals surface area contributed by atoms with E-state index in [0.717, 1.165) is 0 Å². The van der Waals surface area contributed by atoms with Crippen LogP contribution in [-0.4, -0.2) is 69.7 Å². The molecule has 0 saturated heterocycles. The van der Waals surface area contributed by atoms with Crippen LogP contribution in [0.5, 0.6) is 0 Å². The summed E-state index contributed by atoms with van der Waals surface area (Å²) in [5.41, 5.74) is 0. The van der Waals surface area contributed by atoms with Gasteiger partial charge in [-0.2, -0.15) is 0 Å². The third-order valence-electron chi connectivity index (χ3n) is 0.218. The van der Waals surface area contributed by atoms with Gasteiger partial charge in [0.15, 0.2) is 0 Å². The third kappa shape index (κ3) is 33.4. The van der Waals surface area contributed by atoms with Crippen LogP contribution >= 0.6 is 45.2 Å². The molecule has 0 N–H and O–H groups in total. The monoisotopic (exact) mass is 508 g/mol. The molecular formula is C4H4BaI2O4. The molecule has 0 fully saturated rings. The summed E-state index contributed by atoms with van der Waals surface area (Å²) in [4.78, 5) is 18.5. The average Bonchev–Trinajstić information content (AvgIpc) is 1.89. The van der Waals surface area contributed by atoms with Gasteiger partial charge in [-0.05, 0) is 0 Å². The van der Waals surface area contributed by atoms with Crippen LogP contribution in [-0.2, 0) is 9.59 Å². The molecule has 0 aromatic carbocycles. The van der Waals surface area contributed by atoms with Crippen LogP contribution in [0.25, 0.3) is 0 Å². The van der Waals surface area contributed by atoms with Crippen molar-refractivity contribution in [3.05, 3.63) is 0 Å². The Morgan fingerprint density at radius 1 is 1.00 bits per heavy atom. The van der Waals surface area contributed by atoms with Crippen LogP contribution < -0.4 is 10.2 Å². The van der Waals surface area contributed by atoms with E-state index < -0.39 is 11.9 Å². The maximum Gasteiger partial charge on any atom is 2.00 e. The molecule has 0 aromatic heterocycles.